The van der Waals surface area contributed by atoms with E-state index in [1.807, 2.05) is 32.0 Å². The zero-order chi connectivity index (χ0) is 21.6. The summed E-state index contributed by atoms with van der Waals surface area (Å²) in [5.41, 5.74) is 2.74. The second-order valence-electron chi connectivity index (χ2n) is 7.33. The number of halogens is 1. The molecule has 30 heavy (non-hydrogen) atoms. The Labute approximate surface area is 177 Å². The summed E-state index contributed by atoms with van der Waals surface area (Å²) >= 11 is 5.93. The number of fused-ring (bicyclic) bond motifs is 1. The van der Waals surface area contributed by atoms with E-state index in [2.05, 4.69) is 4.98 Å². The van der Waals surface area contributed by atoms with Crippen LogP contribution in [0.5, 0.6) is 11.8 Å². The number of aryl methyl sites for hydroxylation is 4. The van der Waals surface area contributed by atoms with E-state index >= 15 is 0 Å². The average molecular weight is 425 g/mol. The van der Waals surface area contributed by atoms with E-state index in [-0.39, 0.29) is 18.2 Å². The van der Waals surface area contributed by atoms with Crippen molar-refractivity contribution >= 4 is 22.8 Å². The van der Waals surface area contributed by atoms with Crippen molar-refractivity contribution in [2.45, 2.75) is 20.4 Å². The van der Waals surface area contributed by atoms with Crippen LogP contribution in [-0.2, 0) is 20.6 Å². The van der Waals surface area contributed by atoms with Crippen LogP contribution in [0.1, 0.15) is 16.7 Å². The molecule has 0 fully saturated rings. The monoisotopic (exact) mass is 424 g/mol. The molecule has 4 aromatic rings. The van der Waals surface area contributed by atoms with Crippen molar-refractivity contribution in [1.82, 2.24) is 18.7 Å². The minimum atomic E-state index is -0.446. The molecule has 154 valence electrons. The van der Waals surface area contributed by atoms with Gasteiger partial charge in [-0.3, -0.25) is 18.5 Å². The van der Waals surface area contributed by atoms with Gasteiger partial charge in [-0.05, 0) is 54.8 Å². The number of hydrogen-bond donors (Lipinski definition) is 0. The topological polar surface area (TPSA) is 71.1 Å². The Bertz CT molecular complexity index is 1380. The SMILES string of the molecule is Cc1ccc(Oc2nc3c(c(=O)n(Cc4ccc(Cl)cc4)c(=O)n3C)n2C)cc1C. The van der Waals surface area contributed by atoms with Gasteiger partial charge < -0.3 is 4.74 Å². The Balaban J connectivity index is 1.82. The van der Waals surface area contributed by atoms with E-state index in [1.165, 1.54) is 9.13 Å². The molecule has 0 radical (unpaired) electrons. The summed E-state index contributed by atoms with van der Waals surface area (Å²) < 4.78 is 10.0. The van der Waals surface area contributed by atoms with Crippen molar-refractivity contribution in [2.24, 2.45) is 14.1 Å². The summed E-state index contributed by atoms with van der Waals surface area (Å²) in [6.07, 6.45) is 0. The molecule has 2 aromatic heterocycles. The van der Waals surface area contributed by atoms with Crippen LogP contribution in [0.25, 0.3) is 11.2 Å². The van der Waals surface area contributed by atoms with Gasteiger partial charge in [-0.25, -0.2) is 4.79 Å². The second kappa shape index (κ2) is 7.50. The molecular formula is C22H21ClN4O3. The van der Waals surface area contributed by atoms with E-state index in [1.54, 1.807) is 42.9 Å². The maximum absolute atomic E-state index is 13.2. The molecule has 2 heterocycles. The summed E-state index contributed by atoms with van der Waals surface area (Å²) in [4.78, 5) is 30.4. The first-order chi connectivity index (χ1) is 14.3. The van der Waals surface area contributed by atoms with Crippen molar-refractivity contribution in [2.75, 3.05) is 0 Å². The molecule has 0 aliphatic heterocycles. The van der Waals surface area contributed by atoms with Gasteiger partial charge in [-0.1, -0.05) is 29.8 Å². The van der Waals surface area contributed by atoms with Gasteiger partial charge >= 0.3 is 11.7 Å². The normalized spacial score (nSPS) is 11.2. The lowest BCUT2D eigenvalue weighted by atomic mass is 10.1. The molecule has 0 bridgehead atoms. The van der Waals surface area contributed by atoms with Crippen LogP contribution in [-0.4, -0.2) is 18.7 Å². The number of aromatic nitrogens is 4. The quantitative estimate of drug-likeness (QED) is 0.502. The van der Waals surface area contributed by atoms with Crippen molar-refractivity contribution in [1.29, 1.82) is 0 Å². The molecular weight excluding hydrogens is 404 g/mol. The number of benzene rings is 2. The lowest BCUT2D eigenvalue weighted by Crippen LogP contribution is -2.39. The standard InChI is InChI=1S/C22H21ClN4O3/c1-13-5-10-17(11-14(13)2)30-21-24-19-18(25(21)3)20(28)27(22(29)26(19)4)12-15-6-8-16(23)9-7-15/h5-11H,12H2,1-4H3. The summed E-state index contributed by atoms with van der Waals surface area (Å²) in [5.74, 6) is 0.614. The Morgan fingerprint density at radius 2 is 1.67 bits per heavy atom. The van der Waals surface area contributed by atoms with E-state index in [0.29, 0.717) is 16.3 Å². The lowest BCUT2D eigenvalue weighted by molar-refractivity contribution is 0.427. The Morgan fingerprint density at radius 1 is 0.967 bits per heavy atom. The fraction of sp³-hybridized carbons (Fsp3) is 0.227. The summed E-state index contributed by atoms with van der Waals surface area (Å²) in [5, 5.41) is 0.592. The first-order valence-electron chi connectivity index (χ1n) is 9.42. The predicted octanol–water partition coefficient (Wildman–Crippen LogP) is 3.54. The van der Waals surface area contributed by atoms with Crippen LogP contribution in [0.15, 0.2) is 52.1 Å². The van der Waals surface area contributed by atoms with Crippen LogP contribution in [0, 0.1) is 13.8 Å². The highest BCUT2D eigenvalue weighted by Gasteiger charge is 2.20. The fourth-order valence-electron chi connectivity index (χ4n) is 3.31. The van der Waals surface area contributed by atoms with Gasteiger partial charge in [-0.15, -0.1) is 0 Å². The molecule has 0 aliphatic carbocycles. The molecule has 0 unspecified atom stereocenters. The number of imidazole rings is 1. The first kappa shape index (κ1) is 20.0. The molecule has 0 N–H and O–H groups in total. The Hall–Kier alpha value is -3.32. The zero-order valence-electron chi connectivity index (χ0n) is 17.1. The highest BCUT2D eigenvalue weighted by Crippen LogP contribution is 2.24. The van der Waals surface area contributed by atoms with Crippen LogP contribution in [0.4, 0.5) is 0 Å². The third kappa shape index (κ3) is 3.41. The first-order valence-corrected chi connectivity index (χ1v) is 9.80. The van der Waals surface area contributed by atoms with Gasteiger partial charge in [0.15, 0.2) is 11.2 Å². The number of hydrogen-bond acceptors (Lipinski definition) is 4. The molecule has 4 rings (SSSR count). The van der Waals surface area contributed by atoms with Crippen LogP contribution in [0.2, 0.25) is 5.02 Å². The third-order valence-corrected chi connectivity index (χ3v) is 5.51. The second-order valence-corrected chi connectivity index (χ2v) is 7.77. The minimum absolute atomic E-state index is 0.136. The number of rotatable bonds is 4. The van der Waals surface area contributed by atoms with E-state index < -0.39 is 11.2 Å². The van der Waals surface area contributed by atoms with E-state index in [4.69, 9.17) is 16.3 Å². The van der Waals surface area contributed by atoms with Crippen LogP contribution < -0.4 is 16.0 Å². The molecule has 0 saturated carbocycles. The Morgan fingerprint density at radius 3 is 2.33 bits per heavy atom. The van der Waals surface area contributed by atoms with Crippen molar-refractivity contribution in [3.63, 3.8) is 0 Å². The summed E-state index contributed by atoms with van der Waals surface area (Å²) in [6, 6.07) is 13.0. The van der Waals surface area contributed by atoms with Crippen LogP contribution in [0.3, 0.4) is 0 Å². The largest absolute Gasteiger partial charge is 0.425 e. The third-order valence-electron chi connectivity index (χ3n) is 5.26. The van der Waals surface area contributed by atoms with Gasteiger partial charge in [0.25, 0.3) is 5.56 Å². The van der Waals surface area contributed by atoms with E-state index in [9.17, 15) is 9.59 Å². The number of nitrogens with zero attached hydrogens (tertiary/aromatic N) is 4. The van der Waals surface area contributed by atoms with Crippen molar-refractivity contribution in [3.8, 4) is 11.8 Å². The van der Waals surface area contributed by atoms with Gasteiger partial charge in [0.05, 0.1) is 6.54 Å². The van der Waals surface area contributed by atoms with Gasteiger partial charge in [0.2, 0.25) is 0 Å². The maximum atomic E-state index is 13.2. The maximum Gasteiger partial charge on any atom is 0.332 e. The summed E-state index contributed by atoms with van der Waals surface area (Å²) in [7, 11) is 3.29. The zero-order valence-corrected chi connectivity index (χ0v) is 17.9. The average Bonchev–Trinajstić information content (AvgIpc) is 3.04. The molecule has 0 saturated heterocycles. The minimum Gasteiger partial charge on any atom is -0.425 e. The van der Waals surface area contributed by atoms with Crippen molar-refractivity contribution < 1.29 is 4.74 Å². The lowest BCUT2D eigenvalue weighted by Gasteiger charge is -2.09. The molecule has 0 amide bonds. The van der Waals surface area contributed by atoms with Gasteiger partial charge in [0, 0.05) is 19.1 Å². The summed E-state index contributed by atoms with van der Waals surface area (Å²) in [6.45, 7) is 4.15. The van der Waals surface area contributed by atoms with E-state index in [0.717, 1.165) is 16.7 Å². The van der Waals surface area contributed by atoms with Crippen molar-refractivity contribution in [3.05, 3.63) is 85.0 Å². The fourth-order valence-corrected chi connectivity index (χ4v) is 3.44. The van der Waals surface area contributed by atoms with Gasteiger partial charge in [-0.2, -0.15) is 4.98 Å². The molecule has 7 nitrogen and oxygen atoms in total. The molecule has 0 atom stereocenters. The molecule has 0 aliphatic rings. The Kier molecular flexibility index (Phi) is 4.99. The molecule has 0 spiro atoms. The number of ether oxygens (including phenoxy) is 1. The predicted molar refractivity (Wildman–Crippen MR) is 117 cm³/mol. The van der Waals surface area contributed by atoms with Crippen LogP contribution >= 0.6 is 11.6 Å². The highest BCUT2D eigenvalue weighted by molar-refractivity contribution is 6.30. The van der Waals surface area contributed by atoms with Gasteiger partial charge in [0.1, 0.15) is 5.75 Å². The highest BCUT2D eigenvalue weighted by atomic mass is 35.5. The molecule has 2 aromatic carbocycles. The molecule has 8 heteroatoms. The smallest absolute Gasteiger partial charge is 0.332 e.